The molecule has 0 radical (unpaired) electrons. The van der Waals surface area contributed by atoms with Gasteiger partial charge in [-0.05, 0) is 0 Å². The molecular weight excluding hydrogens is 288 g/mol. The lowest BCUT2D eigenvalue weighted by Gasteiger charge is -2.08. The van der Waals surface area contributed by atoms with Crippen LogP contribution in [0.1, 0.15) is 0 Å². The third-order valence-corrected chi connectivity index (χ3v) is 2.39. The Balaban J connectivity index is 2.38. The van der Waals surface area contributed by atoms with Crippen LogP contribution in [0.4, 0.5) is 26.2 Å². The molecule has 110 valence electrons. The number of hydrogen-bond acceptors (Lipinski definition) is 7. The van der Waals surface area contributed by atoms with Gasteiger partial charge in [0.25, 0.3) is 0 Å². The molecule has 1 aromatic heterocycles. The molecule has 8 nitrogen and oxygen atoms in total. The number of nitro benzene ring substituents is 1. The summed E-state index contributed by atoms with van der Waals surface area (Å²) in [5, 5.41) is 13.2. The van der Waals surface area contributed by atoms with Crippen molar-refractivity contribution in [2.24, 2.45) is 0 Å². The number of nitrogens with one attached hydrogen (secondary N) is 1. The molecule has 21 heavy (non-hydrogen) atoms. The molecule has 0 aliphatic heterocycles. The average Bonchev–Trinajstić information content (AvgIpc) is 2.41. The highest BCUT2D eigenvalue weighted by molar-refractivity contribution is 5.45. The maximum absolute atomic E-state index is 13.7. The van der Waals surface area contributed by atoms with Crippen molar-refractivity contribution in [2.75, 3.05) is 18.1 Å². The number of ether oxygens (including phenoxy) is 1. The molecule has 0 bridgehead atoms. The topological polar surface area (TPSA) is 116 Å². The second-order valence-corrected chi connectivity index (χ2v) is 3.79. The number of aromatic nitrogens is 2. The van der Waals surface area contributed by atoms with Gasteiger partial charge in [-0.3, -0.25) is 10.1 Å². The Kier molecular flexibility index (Phi) is 3.78. The van der Waals surface area contributed by atoms with E-state index >= 15 is 0 Å². The summed E-state index contributed by atoms with van der Waals surface area (Å²) < 4.78 is 32.2. The number of benzene rings is 1. The highest BCUT2D eigenvalue weighted by atomic mass is 19.1. The van der Waals surface area contributed by atoms with Crippen LogP contribution in [0.3, 0.4) is 0 Å². The Hall–Kier alpha value is -3.04. The van der Waals surface area contributed by atoms with Crippen molar-refractivity contribution in [1.29, 1.82) is 0 Å². The minimum Gasteiger partial charge on any atom is -0.436 e. The highest BCUT2D eigenvalue weighted by Gasteiger charge is 2.20. The van der Waals surface area contributed by atoms with Gasteiger partial charge >= 0.3 is 5.69 Å². The molecule has 0 amide bonds. The normalized spacial score (nSPS) is 10.2. The van der Waals surface area contributed by atoms with E-state index in [9.17, 15) is 18.9 Å². The maximum Gasteiger partial charge on any atom is 0.307 e. The van der Waals surface area contributed by atoms with Gasteiger partial charge in [0.1, 0.15) is 5.82 Å². The van der Waals surface area contributed by atoms with E-state index in [0.29, 0.717) is 18.0 Å². The third kappa shape index (κ3) is 3.11. The third-order valence-electron chi connectivity index (χ3n) is 2.39. The second kappa shape index (κ2) is 5.53. The first-order chi connectivity index (χ1) is 9.90. The van der Waals surface area contributed by atoms with Gasteiger partial charge < -0.3 is 15.8 Å². The number of rotatable bonds is 4. The molecule has 2 rings (SSSR count). The summed E-state index contributed by atoms with van der Waals surface area (Å²) in [5.41, 5.74) is 4.43. The number of hydrogen-bond donors (Lipinski definition) is 2. The quantitative estimate of drug-likeness (QED) is 0.655. The van der Waals surface area contributed by atoms with E-state index in [1.54, 1.807) is 7.05 Å². The Morgan fingerprint density at radius 3 is 2.62 bits per heavy atom. The van der Waals surface area contributed by atoms with Crippen LogP contribution in [0.5, 0.6) is 11.6 Å². The molecule has 0 atom stereocenters. The van der Waals surface area contributed by atoms with E-state index in [2.05, 4.69) is 15.3 Å². The number of anilines is 2. The van der Waals surface area contributed by atoms with Crippen molar-refractivity contribution in [3.8, 4) is 11.6 Å². The van der Waals surface area contributed by atoms with E-state index in [-0.39, 0.29) is 11.8 Å². The van der Waals surface area contributed by atoms with E-state index < -0.39 is 28.0 Å². The van der Waals surface area contributed by atoms with Crippen LogP contribution in [-0.4, -0.2) is 21.9 Å². The van der Waals surface area contributed by atoms with Gasteiger partial charge in [0.2, 0.25) is 17.6 Å². The second-order valence-electron chi connectivity index (χ2n) is 3.79. The Labute approximate surface area is 116 Å². The standard InChI is InChI=1S/C11H9F2N5O3/c1-15-9-4-10(17-11(14)16-9)21-8-3-5(12)7(18(19)20)2-6(8)13/h2-4H,1H3,(H3,14,15,16,17). The van der Waals surface area contributed by atoms with E-state index in [4.69, 9.17) is 10.5 Å². The van der Waals surface area contributed by atoms with Gasteiger partial charge in [-0.2, -0.15) is 14.4 Å². The molecule has 0 unspecified atom stereocenters. The predicted octanol–water partition coefficient (Wildman–Crippen LogP) is 2.08. The lowest BCUT2D eigenvalue weighted by atomic mass is 10.3. The van der Waals surface area contributed by atoms with Gasteiger partial charge in [0, 0.05) is 19.2 Å². The van der Waals surface area contributed by atoms with Crippen LogP contribution in [0.2, 0.25) is 0 Å². The summed E-state index contributed by atoms with van der Waals surface area (Å²) >= 11 is 0. The smallest absolute Gasteiger partial charge is 0.307 e. The van der Waals surface area contributed by atoms with Crippen LogP contribution in [0.15, 0.2) is 18.2 Å². The van der Waals surface area contributed by atoms with Crippen molar-refractivity contribution < 1.29 is 18.4 Å². The molecule has 1 heterocycles. The monoisotopic (exact) mass is 297 g/mol. The lowest BCUT2D eigenvalue weighted by molar-refractivity contribution is -0.387. The highest BCUT2D eigenvalue weighted by Crippen LogP contribution is 2.30. The van der Waals surface area contributed by atoms with Crippen molar-refractivity contribution >= 4 is 17.5 Å². The fraction of sp³-hybridized carbons (Fsp3) is 0.0909. The fourth-order valence-corrected chi connectivity index (χ4v) is 1.47. The molecular formula is C11H9F2N5O3. The van der Waals surface area contributed by atoms with Gasteiger partial charge in [-0.25, -0.2) is 4.39 Å². The minimum atomic E-state index is -1.23. The summed E-state index contributed by atoms with van der Waals surface area (Å²) in [7, 11) is 1.57. The Morgan fingerprint density at radius 2 is 2.00 bits per heavy atom. The fourth-order valence-electron chi connectivity index (χ4n) is 1.47. The molecule has 10 heteroatoms. The van der Waals surface area contributed by atoms with Crippen molar-refractivity contribution in [2.45, 2.75) is 0 Å². The van der Waals surface area contributed by atoms with Crippen LogP contribution < -0.4 is 15.8 Å². The molecule has 2 aromatic rings. The van der Waals surface area contributed by atoms with Crippen LogP contribution >= 0.6 is 0 Å². The average molecular weight is 297 g/mol. The maximum atomic E-state index is 13.7. The van der Waals surface area contributed by atoms with Crippen molar-refractivity contribution in [3.63, 3.8) is 0 Å². The Bertz CT molecular complexity index is 710. The number of nitrogens with two attached hydrogens (primary N) is 1. The first kappa shape index (κ1) is 14.4. The summed E-state index contributed by atoms with van der Waals surface area (Å²) in [4.78, 5) is 16.9. The number of nitrogens with zero attached hydrogens (tertiary/aromatic N) is 3. The number of nitrogen functional groups attached to an aromatic ring is 1. The van der Waals surface area contributed by atoms with Gasteiger partial charge in [-0.15, -0.1) is 0 Å². The number of nitro groups is 1. The van der Waals surface area contributed by atoms with Gasteiger partial charge in [-0.1, -0.05) is 0 Å². The zero-order valence-electron chi connectivity index (χ0n) is 10.6. The van der Waals surface area contributed by atoms with Gasteiger partial charge in [0.15, 0.2) is 11.6 Å². The minimum absolute atomic E-state index is 0.139. The first-order valence-corrected chi connectivity index (χ1v) is 5.54. The largest absolute Gasteiger partial charge is 0.436 e. The van der Waals surface area contributed by atoms with Gasteiger partial charge in [0.05, 0.1) is 11.0 Å². The molecule has 0 aliphatic rings. The van der Waals surface area contributed by atoms with Crippen molar-refractivity contribution in [3.05, 3.63) is 39.9 Å². The molecule has 0 aliphatic carbocycles. The number of halogens is 2. The SMILES string of the molecule is CNc1cc(Oc2cc(F)c([N+](=O)[O-])cc2F)nc(N)n1. The Morgan fingerprint density at radius 1 is 1.29 bits per heavy atom. The summed E-state index contributed by atoms with van der Waals surface area (Å²) in [6.45, 7) is 0. The van der Waals surface area contributed by atoms with E-state index in [1.807, 2.05) is 0 Å². The zero-order chi connectivity index (χ0) is 15.6. The molecule has 0 spiro atoms. The molecule has 0 saturated heterocycles. The molecule has 0 fully saturated rings. The summed E-state index contributed by atoms with van der Waals surface area (Å²) in [6, 6.07) is 2.29. The molecule has 1 aromatic carbocycles. The summed E-state index contributed by atoms with van der Waals surface area (Å²) in [6.07, 6.45) is 0. The molecule has 3 N–H and O–H groups in total. The van der Waals surface area contributed by atoms with Crippen molar-refractivity contribution in [1.82, 2.24) is 9.97 Å². The predicted molar refractivity (Wildman–Crippen MR) is 69.1 cm³/mol. The van der Waals surface area contributed by atoms with E-state index in [0.717, 1.165) is 0 Å². The first-order valence-electron chi connectivity index (χ1n) is 5.54. The summed E-state index contributed by atoms with van der Waals surface area (Å²) in [5.74, 6) is -2.87. The van der Waals surface area contributed by atoms with Crippen LogP contribution in [-0.2, 0) is 0 Å². The van der Waals surface area contributed by atoms with Crippen LogP contribution in [0.25, 0.3) is 0 Å². The van der Waals surface area contributed by atoms with E-state index in [1.165, 1.54) is 6.07 Å². The molecule has 0 saturated carbocycles. The van der Waals surface area contributed by atoms with Crippen LogP contribution in [0, 0.1) is 21.7 Å². The zero-order valence-corrected chi connectivity index (χ0v) is 10.6. The lowest BCUT2D eigenvalue weighted by Crippen LogP contribution is -2.02.